The van der Waals surface area contributed by atoms with Crippen LogP contribution in [0.4, 0.5) is 5.69 Å². The quantitative estimate of drug-likeness (QED) is 0.806. The molecule has 0 radical (unpaired) electrons. The number of hydrogen-bond acceptors (Lipinski definition) is 5. The lowest BCUT2D eigenvalue weighted by Gasteiger charge is -2.10. The van der Waals surface area contributed by atoms with Crippen molar-refractivity contribution in [3.05, 3.63) is 59.7 Å². The van der Waals surface area contributed by atoms with E-state index in [4.69, 9.17) is 14.2 Å². The van der Waals surface area contributed by atoms with E-state index in [9.17, 15) is 9.59 Å². The lowest BCUT2D eigenvalue weighted by atomic mass is 10.1. The zero-order valence-electron chi connectivity index (χ0n) is 14.6. The summed E-state index contributed by atoms with van der Waals surface area (Å²) >= 11 is 0. The minimum atomic E-state index is -0.440. The summed E-state index contributed by atoms with van der Waals surface area (Å²) in [4.78, 5) is 24.1. The fourth-order valence-electron chi connectivity index (χ4n) is 2.64. The Bertz CT molecular complexity index is 749. The first-order chi connectivity index (χ1) is 12.7. The first-order valence-corrected chi connectivity index (χ1v) is 8.48. The summed E-state index contributed by atoms with van der Waals surface area (Å²) in [5.41, 5.74) is 2.03. The number of nitrogens with one attached hydrogen (secondary N) is 1. The average molecular weight is 355 g/mol. The highest BCUT2D eigenvalue weighted by Gasteiger charge is 2.24. The van der Waals surface area contributed by atoms with Crippen molar-refractivity contribution in [1.82, 2.24) is 0 Å². The van der Waals surface area contributed by atoms with E-state index in [0.717, 1.165) is 17.7 Å². The molecule has 0 bridgehead atoms. The van der Waals surface area contributed by atoms with Crippen molar-refractivity contribution in [2.24, 2.45) is 0 Å². The van der Waals surface area contributed by atoms with Crippen LogP contribution in [0, 0.1) is 0 Å². The highest BCUT2D eigenvalue weighted by atomic mass is 16.6. The van der Waals surface area contributed by atoms with Crippen LogP contribution >= 0.6 is 0 Å². The first kappa shape index (κ1) is 17.9. The van der Waals surface area contributed by atoms with Gasteiger partial charge in [0.25, 0.3) is 5.91 Å². The number of esters is 1. The van der Waals surface area contributed by atoms with Gasteiger partial charge in [-0.25, -0.2) is 4.79 Å². The molecular weight excluding hydrogens is 334 g/mol. The Labute approximate surface area is 152 Å². The molecule has 1 aliphatic rings. The maximum atomic E-state index is 12.3. The standard InChI is InChI=1S/C20H21NO5/c1-24-17-10-8-16(9-11-17)21-19(22)15-6-4-14(5-7-15)13-26-20(23)18-3-2-12-25-18/h4-11,18H,2-3,12-13H2,1H3,(H,21,22). The van der Waals surface area contributed by atoms with E-state index in [1.807, 2.05) is 0 Å². The van der Waals surface area contributed by atoms with Gasteiger partial charge in [-0.05, 0) is 54.8 Å². The molecule has 136 valence electrons. The number of anilines is 1. The van der Waals surface area contributed by atoms with Crippen LogP contribution in [-0.4, -0.2) is 31.7 Å². The molecule has 6 nitrogen and oxygen atoms in total. The normalized spacial score (nSPS) is 16.1. The van der Waals surface area contributed by atoms with Crippen LogP contribution < -0.4 is 10.1 Å². The summed E-state index contributed by atoms with van der Waals surface area (Å²) in [6, 6.07) is 14.0. The third-order valence-corrected chi connectivity index (χ3v) is 4.14. The molecule has 0 saturated carbocycles. The first-order valence-electron chi connectivity index (χ1n) is 8.48. The van der Waals surface area contributed by atoms with E-state index < -0.39 is 6.10 Å². The highest BCUT2D eigenvalue weighted by Crippen LogP contribution is 2.17. The largest absolute Gasteiger partial charge is 0.497 e. The van der Waals surface area contributed by atoms with Crippen molar-refractivity contribution in [2.75, 3.05) is 19.0 Å². The van der Waals surface area contributed by atoms with E-state index >= 15 is 0 Å². The van der Waals surface area contributed by atoms with Crippen LogP contribution in [0.25, 0.3) is 0 Å². The van der Waals surface area contributed by atoms with Gasteiger partial charge >= 0.3 is 5.97 Å². The van der Waals surface area contributed by atoms with Gasteiger partial charge in [0.1, 0.15) is 12.4 Å². The average Bonchev–Trinajstić information content (AvgIpc) is 3.22. The van der Waals surface area contributed by atoms with Gasteiger partial charge in [0, 0.05) is 17.9 Å². The van der Waals surface area contributed by atoms with Gasteiger partial charge in [-0.2, -0.15) is 0 Å². The Morgan fingerprint density at radius 1 is 1.12 bits per heavy atom. The molecule has 0 aliphatic carbocycles. The Morgan fingerprint density at radius 3 is 2.46 bits per heavy atom. The molecule has 26 heavy (non-hydrogen) atoms. The van der Waals surface area contributed by atoms with Crippen LogP contribution in [0.15, 0.2) is 48.5 Å². The van der Waals surface area contributed by atoms with Gasteiger partial charge in [-0.15, -0.1) is 0 Å². The SMILES string of the molecule is COc1ccc(NC(=O)c2ccc(COC(=O)C3CCCO3)cc2)cc1. The number of methoxy groups -OCH3 is 1. The summed E-state index contributed by atoms with van der Waals surface area (Å²) < 4.78 is 15.6. The molecule has 3 rings (SSSR count). The molecular formula is C20H21NO5. The molecule has 2 aromatic carbocycles. The third-order valence-electron chi connectivity index (χ3n) is 4.14. The monoisotopic (exact) mass is 355 g/mol. The fraction of sp³-hybridized carbons (Fsp3) is 0.300. The summed E-state index contributed by atoms with van der Waals surface area (Å²) in [6.07, 6.45) is 1.16. The lowest BCUT2D eigenvalue weighted by Crippen LogP contribution is -2.22. The van der Waals surface area contributed by atoms with Crippen molar-refractivity contribution >= 4 is 17.6 Å². The smallest absolute Gasteiger partial charge is 0.335 e. The van der Waals surface area contributed by atoms with Crippen molar-refractivity contribution < 1.29 is 23.8 Å². The lowest BCUT2D eigenvalue weighted by molar-refractivity contribution is -0.155. The third kappa shape index (κ3) is 4.61. The van der Waals surface area contributed by atoms with Crippen molar-refractivity contribution in [3.8, 4) is 5.75 Å². The Balaban J connectivity index is 1.52. The minimum Gasteiger partial charge on any atom is -0.497 e. The molecule has 0 aromatic heterocycles. The zero-order chi connectivity index (χ0) is 18.4. The molecule has 1 saturated heterocycles. The predicted molar refractivity (Wildman–Crippen MR) is 96.2 cm³/mol. The van der Waals surface area contributed by atoms with Crippen molar-refractivity contribution in [2.45, 2.75) is 25.6 Å². The molecule has 1 N–H and O–H groups in total. The van der Waals surface area contributed by atoms with Crippen LogP contribution in [0.1, 0.15) is 28.8 Å². The van der Waals surface area contributed by atoms with Gasteiger partial charge in [0.2, 0.25) is 0 Å². The molecule has 0 spiro atoms. The van der Waals surface area contributed by atoms with Gasteiger partial charge in [-0.3, -0.25) is 4.79 Å². The second-order valence-corrected chi connectivity index (χ2v) is 5.99. The van der Waals surface area contributed by atoms with Gasteiger partial charge in [-0.1, -0.05) is 12.1 Å². The van der Waals surface area contributed by atoms with E-state index in [1.54, 1.807) is 55.6 Å². The zero-order valence-corrected chi connectivity index (χ0v) is 14.6. The fourth-order valence-corrected chi connectivity index (χ4v) is 2.64. The van der Waals surface area contributed by atoms with Crippen LogP contribution in [0.3, 0.4) is 0 Å². The number of rotatable bonds is 6. The molecule has 6 heteroatoms. The highest BCUT2D eigenvalue weighted by molar-refractivity contribution is 6.04. The van der Waals surface area contributed by atoms with Crippen molar-refractivity contribution in [3.63, 3.8) is 0 Å². The predicted octanol–water partition coefficient (Wildman–Crippen LogP) is 3.17. The molecule has 1 atom stereocenters. The van der Waals surface area contributed by atoms with Crippen LogP contribution in [0.2, 0.25) is 0 Å². The Morgan fingerprint density at radius 2 is 1.85 bits per heavy atom. The van der Waals surface area contributed by atoms with E-state index in [0.29, 0.717) is 24.3 Å². The second kappa shape index (κ2) is 8.49. The molecule has 1 amide bonds. The van der Waals surface area contributed by atoms with E-state index in [-0.39, 0.29) is 18.5 Å². The molecule has 1 fully saturated rings. The number of carbonyl (C=O) groups excluding carboxylic acids is 2. The van der Waals surface area contributed by atoms with E-state index in [1.165, 1.54) is 0 Å². The van der Waals surface area contributed by atoms with Crippen LogP contribution in [-0.2, 0) is 20.9 Å². The summed E-state index contributed by atoms with van der Waals surface area (Å²) in [6.45, 7) is 0.775. The molecule has 2 aromatic rings. The summed E-state index contributed by atoms with van der Waals surface area (Å²) in [7, 11) is 1.59. The Kier molecular flexibility index (Phi) is 5.86. The minimum absolute atomic E-state index is 0.166. The van der Waals surface area contributed by atoms with Crippen LogP contribution in [0.5, 0.6) is 5.75 Å². The topological polar surface area (TPSA) is 73.9 Å². The number of carbonyl (C=O) groups is 2. The summed E-state index contributed by atoms with van der Waals surface area (Å²) in [5, 5.41) is 2.82. The van der Waals surface area contributed by atoms with Crippen molar-refractivity contribution in [1.29, 1.82) is 0 Å². The van der Waals surface area contributed by atoms with Gasteiger partial charge in [0.15, 0.2) is 6.10 Å². The summed E-state index contributed by atoms with van der Waals surface area (Å²) in [5.74, 6) is 0.187. The number of hydrogen-bond donors (Lipinski definition) is 1. The number of ether oxygens (including phenoxy) is 3. The maximum Gasteiger partial charge on any atom is 0.335 e. The number of benzene rings is 2. The Hall–Kier alpha value is -2.86. The van der Waals surface area contributed by atoms with E-state index in [2.05, 4.69) is 5.32 Å². The molecule has 1 aliphatic heterocycles. The molecule has 1 unspecified atom stereocenters. The van der Waals surface area contributed by atoms with Gasteiger partial charge < -0.3 is 19.5 Å². The van der Waals surface area contributed by atoms with Gasteiger partial charge in [0.05, 0.1) is 7.11 Å². The number of amides is 1. The molecule has 1 heterocycles. The second-order valence-electron chi connectivity index (χ2n) is 5.99. The maximum absolute atomic E-state index is 12.3.